The number of aromatic nitrogens is 1. The molecule has 5 nitrogen and oxygen atoms in total. The summed E-state index contributed by atoms with van der Waals surface area (Å²) in [6.45, 7) is 0. The van der Waals surface area contributed by atoms with Crippen LogP contribution in [0.3, 0.4) is 0 Å². The first-order valence-corrected chi connectivity index (χ1v) is 3.66. The average Bonchev–Trinajstić information content (AvgIpc) is 2.03. The van der Waals surface area contributed by atoms with Crippen molar-refractivity contribution in [1.29, 1.82) is 0 Å². The number of carboxylic acids is 1. The molecule has 0 atom stereocenters. The number of pyridine rings is 1. The minimum atomic E-state index is -1.86. The van der Waals surface area contributed by atoms with Crippen molar-refractivity contribution >= 4 is 30.2 Å². The Kier molecular flexibility index (Phi) is 2.87. The summed E-state index contributed by atoms with van der Waals surface area (Å²) < 4.78 is 0. The third-order valence-corrected chi connectivity index (χ3v) is 1.58. The summed E-state index contributed by atoms with van der Waals surface area (Å²) in [6.07, 6.45) is 0. The van der Waals surface area contributed by atoms with Gasteiger partial charge >= 0.3 is 13.1 Å². The molecule has 0 bridgehead atoms. The highest BCUT2D eigenvalue weighted by Gasteiger charge is 2.21. The Balaban J connectivity index is 3.27. The van der Waals surface area contributed by atoms with Crippen molar-refractivity contribution in [3.63, 3.8) is 0 Å². The molecule has 1 aromatic heterocycles. The fourth-order valence-electron chi connectivity index (χ4n) is 0.826. The van der Waals surface area contributed by atoms with Gasteiger partial charge in [-0.15, -0.1) is 0 Å². The van der Waals surface area contributed by atoms with E-state index in [0.29, 0.717) is 0 Å². The molecule has 0 amide bonds. The van der Waals surface area contributed by atoms with Crippen LogP contribution >= 0.6 is 11.6 Å². The summed E-state index contributed by atoms with van der Waals surface area (Å²) in [5, 5.41) is 26.1. The van der Waals surface area contributed by atoms with Crippen LogP contribution in [-0.2, 0) is 0 Å². The molecule has 0 fully saturated rings. The van der Waals surface area contributed by atoms with E-state index in [1.54, 1.807) is 0 Å². The fraction of sp³-hybridized carbons (Fsp3) is 0. The number of nitrogens with zero attached hydrogens (tertiary/aromatic N) is 1. The summed E-state index contributed by atoms with van der Waals surface area (Å²) in [7, 11) is -1.86. The van der Waals surface area contributed by atoms with Gasteiger partial charge in [0, 0.05) is 5.46 Å². The lowest BCUT2D eigenvalue weighted by Crippen LogP contribution is -2.35. The first-order chi connectivity index (χ1) is 6.02. The maximum atomic E-state index is 10.5. The molecule has 0 aliphatic rings. The lowest BCUT2D eigenvalue weighted by atomic mass is 9.79. The number of hydrogen-bond acceptors (Lipinski definition) is 4. The van der Waals surface area contributed by atoms with Crippen LogP contribution in [0.15, 0.2) is 12.1 Å². The average molecular weight is 201 g/mol. The maximum Gasteiger partial charge on any atom is 0.490 e. The molecule has 0 aromatic carbocycles. The van der Waals surface area contributed by atoms with Gasteiger partial charge in [-0.25, -0.2) is 9.78 Å². The van der Waals surface area contributed by atoms with Crippen molar-refractivity contribution in [3.05, 3.63) is 23.0 Å². The summed E-state index contributed by atoms with van der Waals surface area (Å²) in [4.78, 5) is 14.0. The Morgan fingerprint density at radius 2 is 2.08 bits per heavy atom. The molecule has 13 heavy (non-hydrogen) atoms. The fourth-order valence-corrected chi connectivity index (χ4v) is 0.973. The normalized spacial score (nSPS) is 9.77. The highest BCUT2D eigenvalue weighted by atomic mass is 35.5. The minimum absolute atomic E-state index is 0.0122. The van der Waals surface area contributed by atoms with Crippen molar-refractivity contribution in [2.24, 2.45) is 0 Å². The number of carbonyl (C=O) groups is 1. The van der Waals surface area contributed by atoms with E-state index in [4.69, 9.17) is 26.8 Å². The van der Waals surface area contributed by atoms with Crippen molar-refractivity contribution < 1.29 is 19.9 Å². The van der Waals surface area contributed by atoms with E-state index < -0.39 is 18.8 Å². The van der Waals surface area contributed by atoms with E-state index in [-0.39, 0.29) is 10.6 Å². The number of aromatic carboxylic acids is 1. The van der Waals surface area contributed by atoms with Crippen LogP contribution in [0.2, 0.25) is 5.15 Å². The largest absolute Gasteiger partial charge is 0.490 e. The SMILES string of the molecule is O=C(O)c1nc(Cl)ccc1B(O)O. The van der Waals surface area contributed by atoms with Gasteiger partial charge in [-0.05, 0) is 6.07 Å². The quantitative estimate of drug-likeness (QED) is 0.427. The summed E-state index contributed by atoms with van der Waals surface area (Å²) in [5.41, 5.74) is -0.639. The highest BCUT2D eigenvalue weighted by Crippen LogP contribution is 2.03. The Hall–Kier alpha value is -1.11. The Morgan fingerprint density at radius 1 is 1.46 bits per heavy atom. The van der Waals surface area contributed by atoms with Gasteiger partial charge in [0.25, 0.3) is 0 Å². The van der Waals surface area contributed by atoms with E-state index >= 15 is 0 Å². The first kappa shape index (κ1) is 9.98. The summed E-state index contributed by atoms with van der Waals surface area (Å²) in [6, 6.07) is 2.48. The molecule has 3 N–H and O–H groups in total. The van der Waals surface area contributed by atoms with Crippen LogP contribution in [0.1, 0.15) is 10.5 Å². The molecule has 0 aliphatic heterocycles. The molecule has 7 heteroatoms. The Bertz CT molecular complexity index is 343. The Labute approximate surface area is 78.8 Å². The Morgan fingerprint density at radius 3 is 2.54 bits per heavy atom. The van der Waals surface area contributed by atoms with E-state index in [1.807, 2.05) is 0 Å². The minimum Gasteiger partial charge on any atom is -0.477 e. The van der Waals surface area contributed by atoms with Crippen LogP contribution in [0.4, 0.5) is 0 Å². The number of halogens is 1. The smallest absolute Gasteiger partial charge is 0.477 e. The van der Waals surface area contributed by atoms with Crippen molar-refractivity contribution in [3.8, 4) is 0 Å². The number of rotatable bonds is 2. The van der Waals surface area contributed by atoms with Crippen LogP contribution in [0.5, 0.6) is 0 Å². The second kappa shape index (κ2) is 3.74. The maximum absolute atomic E-state index is 10.5. The van der Waals surface area contributed by atoms with E-state index in [9.17, 15) is 4.79 Å². The van der Waals surface area contributed by atoms with Gasteiger partial charge in [0.15, 0.2) is 0 Å². The van der Waals surface area contributed by atoms with Gasteiger partial charge in [0.05, 0.1) is 0 Å². The summed E-state index contributed by atoms with van der Waals surface area (Å²) in [5.74, 6) is -1.36. The number of carboxylic acid groups (broad SMARTS) is 1. The lowest BCUT2D eigenvalue weighted by molar-refractivity contribution is 0.0691. The van der Waals surface area contributed by atoms with Crippen LogP contribution in [-0.4, -0.2) is 33.2 Å². The monoisotopic (exact) mass is 201 g/mol. The molecule has 0 radical (unpaired) electrons. The predicted molar refractivity (Wildman–Crippen MR) is 46.0 cm³/mol. The second-order valence-electron chi connectivity index (χ2n) is 2.25. The van der Waals surface area contributed by atoms with Gasteiger partial charge in [-0.3, -0.25) is 0 Å². The second-order valence-corrected chi connectivity index (χ2v) is 2.64. The molecule has 0 unspecified atom stereocenters. The van der Waals surface area contributed by atoms with Crippen molar-refractivity contribution in [1.82, 2.24) is 4.98 Å². The van der Waals surface area contributed by atoms with E-state index in [0.717, 1.165) is 0 Å². The molecule has 1 heterocycles. The molecule has 1 aromatic rings. The molecule has 0 saturated heterocycles. The molecular weight excluding hydrogens is 196 g/mol. The van der Waals surface area contributed by atoms with Crippen molar-refractivity contribution in [2.75, 3.05) is 0 Å². The van der Waals surface area contributed by atoms with Crippen LogP contribution in [0, 0.1) is 0 Å². The third kappa shape index (κ3) is 2.18. The zero-order chi connectivity index (χ0) is 10.0. The standard InChI is InChI=1S/C6H5BClNO4/c8-4-2-1-3(7(12)13)5(9-4)6(10)11/h1-2,12-13H,(H,10,11). The van der Waals surface area contributed by atoms with Gasteiger partial charge in [-0.1, -0.05) is 17.7 Å². The summed E-state index contributed by atoms with van der Waals surface area (Å²) >= 11 is 5.43. The van der Waals surface area contributed by atoms with Gasteiger partial charge in [-0.2, -0.15) is 0 Å². The van der Waals surface area contributed by atoms with Crippen LogP contribution < -0.4 is 5.46 Å². The van der Waals surface area contributed by atoms with E-state index in [2.05, 4.69) is 4.98 Å². The molecule has 1 rings (SSSR count). The molecular formula is C6H5BClNO4. The topological polar surface area (TPSA) is 90.7 Å². The molecule has 68 valence electrons. The zero-order valence-electron chi connectivity index (χ0n) is 6.31. The number of hydrogen-bond donors (Lipinski definition) is 3. The highest BCUT2D eigenvalue weighted by molar-refractivity contribution is 6.60. The predicted octanol–water partition coefficient (Wildman–Crippen LogP) is -0.887. The van der Waals surface area contributed by atoms with Gasteiger partial charge in [0.1, 0.15) is 10.8 Å². The van der Waals surface area contributed by atoms with E-state index in [1.165, 1.54) is 12.1 Å². The van der Waals surface area contributed by atoms with Crippen LogP contribution in [0.25, 0.3) is 0 Å². The first-order valence-electron chi connectivity index (χ1n) is 3.28. The van der Waals surface area contributed by atoms with Gasteiger partial charge in [0.2, 0.25) is 0 Å². The molecule has 0 saturated carbocycles. The molecule has 0 spiro atoms. The van der Waals surface area contributed by atoms with Crippen molar-refractivity contribution in [2.45, 2.75) is 0 Å². The third-order valence-electron chi connectivity index (χ3n) is 1.37. The molecule has 0 aliphatic carbocycles. The lowest BCUT2D eigenvalue weighted by Gasteiger charge is -2.03. The zero-order valence-corrected chi connectivity index (χ0v) is 7.06. The van der Waals surface area contributed by atoms with Gasteiger partial charge < -0.3 is 15.2 Å².